The molecule has 0 saturated heterocycles. The van der Waals surface area contributed by atoms with E-state index < -0.39 is 21.6 Å². The average molecular weight is 471 g/mol. The van der Waals surface area contributed by atoms with Crippen molar-refractivity contribution in [3.05, 3.63) is 84.5 Å². The normalized spacial score (nSPS) is 21.7. The molecule has 1 fully saturated rings. The quantitative estimate of drug-likeness (QED) is 0.335. The van der Waals surface area contributed by atoms with E-state index in [4.69, 9.17) is 4.43 Å². The molecular weight excluding hydrogens is 434 g/mol. The van der Waals surface area contributed by atoms with Gasteiger partial charge >= 0.3 is 0 Å². The highest BCUT2D eigenvalue weighted by atomic mass is 31.2. The van der Waals surface area contributed by atoms with Crippen LogP contribution < -0.4 is 10.6 Å². The van der Waals surface area contributed by atoms with Crippen LogP contribution in [0.15, 0.2) is 84.5 Å². The van der Waals surface area contributed by atoms with Crippen LogP contribution in [0.2, 0.25) is 18.1 Å². The zero-order valence-electron chi connectivity index (χ0n) is 20.0. The van der Waals surface area contributed by atoms with E-state index in [-0.39, 0.29) is 11.1 Å². The number of alkyl halides is 1. The minimum Gasteiger partial charge on any atom is -0.413 e. The van der Waals surface area contributed by atoms with Crippen LogP contribution in [0, 0.1) is 0 Å². The predicted octanol–water partition coefficient (Wildman–Crippen LogP) is 7.01. The van der Waals surface area contributed by atoms with Crippen LogP contribution >= 0.6 is 7.14 Å². The zero-order valence-corrected chi connectivity index (χ0v) is 21.9. The Hall–Kier alpha value is -1.74. The van der Waals surface area contributed by atoms with Gasteiger partial charge < -0.3 is 8.99 Å². The van der Waals surface area contributed by atoms with E-state index in [1.807, 2.05) is 66.7 Å². The molecule has 2 atom stereocenters. The molecule has 1 saturated carbocycles. The highest BCUT2D eigenvalue weighted by Crippen LogP contribution is 2.45. The molecular formula is C27H36FO2PSi. The number of hydrogen-bond acceptors (Lipinski definition) is 2. The molecule has 0 N–H and O–H groups in total. The topological polar surface area (TPSA) is 26.3 Å². The Balaban J connectivity index is 1.90. The third kappa shape index (κ3) is 5.42. The van der Waals surface area contributed by atoms with Gasteiger partial charge in [-0.15, -0.1) is 0 Å². The minimum atomic E-state index is -2.90. The fourth-order valence-corrected chi connectivity index (χ4v) is 7.74. The van der Waals surface area contributed by atoms with Crippen LogP contribution in [-0.2, 0) is 8.99 Å². The average Bonchev–Trinajstić information content (AvgIpc) is 2.75. The molecule has 1 aliphatic carbocycles. The number of benzene rings is 2. The van der Waals surface area contributed by atoms with E-state index >= 15 is 0 Å². The van der Waals surface area contributed by atoms with Crippen molar-refractivity contribution in [2.45, 2.75) is 64.0 Å². The lowest BCUT2D eigenvalue weighted by molar-refractivity contribution is 0.131. The van der Waals surface area contributed by atoms with Gasteiger partial charge in [-0.1, -0.05) is 94.1 Å². The van der Waals surface area contributed by atoms with Gasteiger partial charge in [-0.3, -0.25) is 0 Å². The molecule has 0 heterocycles. The van der Waals surface area contributed by atoms with Crippen molar-refractivity contribution in [2.24, 2.45) is 0 Å². The summed E-state index contributed by atoms with van der Waals surface area (Å²) in [6.07, 6.45) is 1.96. The lowest BCUT2D eigenvalue weighted by atomic mass is 9.87. The third-order valence-electron chi connectivity index (χ3n) is 6.92. The van der Waals surface area contributed by atoms with Gasteiger partial charge in [0.2, 0.25) is 0 Å². The SMILES string of the molecule is C=C1/C(=C/CP(=O)(c2ccccc2)c2ccccc2)C[C@@H](O[Si](C)(C)C(C)(C)C)C[C@@H]1F. The van der Waals surface area contributed by atoms with Crippen molar-refractivity contribution >= 4 is 26.1 Å². The summed E-state index contributed by atoms with van der Waals surface area (Å²) >= 11 is 0. The molecule has 172 valence electrons. The molecule has 0 unspecified atom stereocenters. The molecule has 0 aromatic heterocycles. The maximum Gasteiger partial charge on any atom is 0.192 e. The summed E-state index contributed by atoms with van der Waals surface area (Å²) < 4.78 is 35.8. The maximum absolute atomic E-state index is 14.9. The van der Waals surface area contributed by atoms with Crippen molar-refractivity contribution in [2.75, 3.05) is 6.16 Å². The Morgan fingerprint density at radius 2 is 1.56 bits per heavy atom. The highest BCUT2D eigenvalue weighted by Gasteiger charge is 2.41. The van der Waals surface area contributed by atoms with Crippen LogP contribution in [-0.4, -0.2) is 26.8 Å². The van der Waals surface area contributed by atoms with Crippen molar-refractivity contribution < 1.29 is 13.4 Å². The molecule has 0 amide bonds. The van der Waals surface area contributed by atoms with E-state index in [0.717, 1.165) is 16.2 Å². The van der Waals surface area contributed by atoms with E-state index in [2.05, 4.69) is 40.4 Å². The molecule has 5 heteroatoms. The summed E-state index contributed by atoms with van der Waals surface area (Å²) in [5.41, 5.74) is 1.35. The van der Waals surface area contributed by atoms with Gasteiger partial charge in [-0.05, 0) is 35.7 Å². The second-order valence-electron chi connectivity index (χ2n) is 10.3. The van der Waals surface area contributed by atoms with E-state index in [0.29, 0.717) is 24.6 Å². The monoisotopic (exact) mass is 470 g/mol. The zero-order chi connectivity index (χ0) is 23.6. The van der Waals surface area contributed by atoms with Crippen LogP contribution in [0.4, 0.5) is 4.39 Å². The van der Waals surface area contributed by atoms with Crippen LogP contribution in [0.5, 0.6) is 0 Å². The molecule has 0 spiro atoms. The minimum absolute atomic E-state index is 0.0630. The molecule has 2 aromatic carbocycles. The third-order valence-corrected chi connectivity index (χ3v) is 14.4. The van der Waals surface area contributed by atoms with Crippen LogP contribution in [0.25, 0.3) is 0 Å². The first-order valence-electron chi connectivity index (χ1n) is 11.3. The number of halogens is 1. The summed E-state index contributed by atoms with van der Waals surface area (Å²) in [5, 5.41) is 1.69. The van der Waals surface area contributed by atoms with Crippen molar-refractivity contribution in [3.8, 4) is 0 Å². The Morgan fingerprint density at radius 1 is 1.06 bits per heavy atom. The Morgan fingerprint density at radius 3 is 2.03 bits per heavy atom. The summed E-state index contributed by atoms with van der Waals surface area (Å²) in [6, 6.07) is 19.2. The predicted molar refractivity (Wildman–Crippen MR) is 138 cm³/mol. The van der Waals surface area contributed by atoms with Crippen molar-refractivity contribution in [1.29, 1.82) is 0 Å². The van der Waals surface area contributed by atoms with Crippen LogP contribution in [0.1, 0.15) is 33.6 Å². The smallest absolute Gasteiger partial charge is 0.192 e. The van der Waals surface area contributed by atoms with Gasteiger partial charge in [0, 0.05) is 23.2 Å². The molecule has 2 nitrogen and oxygen atoms in total. The maximum atomic E-state index is 14.9. The largest absolute Gasteiger partial charge is 0.413 e. The van der Waals surface area contributed by atoms with Gasteiger partial charge in [0.15, 0.2) is 8.32 Å². The van der Waals surface area contributed by atoms with Gasteiger partial charge in [0.1, 0.15) is 13.3 Å². The van der Waals surface area contributed by atoms with Gasteiger partial charge in [-0.25, -0.2) is 4.39 Å². The molecule has 1 aliphatic rings. The molecule has 3 rings (SSSR count). The molecule has 2 aromatic rings. The Bertz CT molecular complexity index is 965. The van der Waals surface area contributed by atoms with Crippen molar-refractivity contribution in [1.82, 2.24) is 0 Å². The number of rotatable bonds is 6. The first-order valence-corrected chi connectivity index (χ1v) is 16.1. The second-order valence-corrected chi connectivity index (χ2v) is 17.9. The summed E-state index contributed by atoms with van der Waals surface area (Å²) in [7, 11) is -4.91. The van der Waals surface area contributed by atoms with E-state index in [9.17, 15) is 8.96 Å². The second kappa shape index (κ2) is 9.63. The van der Waals surface area contributed by atoms with Gasteiger partial charge in [-0.2, -0.15) is 0 Å². The highest BCUT2D eigenvalue weighted by molar-refractivity contribution is 7.78. The number of hydrogen-bond donors (Lipinski definition) is 0. The first-order chi connectivity index (χ1) is 14.9. The Kier molecular flexibility index (Phi) is 7.49. The summed E-state index contributed by atoms with van der Waals surface area (Å²) in [5.74, 6) is 0. The fraction of sp³-hybridized carbons (Fsp3) is 0.407. The van der Waals surface area contributed by atoms with Gasteiger partial charge in [0.05, 0.1) is 6.10 Å². The lowest BCUT2D eigenvalue weighted by Gasteiger charge is -2.41. The van der Waals surface area contributed by atoms with Crippen LogP contribution in [0.3, 0.4) is 0 Å². The van der Waals surface area contributed by atoms with Crippen molar-refractivity contribution in [3.63, 3.8) is 0 Å². The molecule has 32 heavy (non-hydrogen) atoms. The van der Waals surface area contributed by atoms with E-state index in [1.54, 1.807) is 0 Å². The Labute approximate surface area is 194 Å². The van der Waals surface area contributed by atoms with Gasteiger partial charge in [0.25, 0.3) is 0 Å². The van der Waals surface area contributed by atoms with E-state index in [1.165, 1.54) is 0 Å². The standard InChI is InChI=1S/C27H36FO2PSi/c1-21-22(19-23(20-26(21)28)30-32(5,6)27(2,3)4)17-18-31(29,24-13-9-7-10-14-24)25-15-11-8-12-16-25/h7-17,23,26H,1,18-20H2,2-6H3/b22-17+/t23-,26+/m1/s1. The summed E-state index contributed by atoms with van der Waals surface area (Å²) in [6.45, 7) is 15.0. The fourth-order valence-electron chi connectivity index (χ4n) is 3.87. The molecule has 0 bridgehead atoms. The molecule has 0 aliphatic heterocycles. The molecule has 0 radical (unpaired) electrons. The summed E-state index contributed by atoms with van der Waals surface area (Å²) in [4.78, 5) is 0. The lowest BCUT2D eigenvalue weighted by Crippen LogP contribution is -2.45. The number of allylic oxidation sites excluding steroid dienone is 2. The first kappa shape index (κ1) is 24.9.